The fourth-order valence-corrected chi connectivity index (χ4v) is 3.09. The van der Waals surface area contributed by atoms with Crippen LogP contribution in [0.3, 0.4) is 0 Å². The van der Waals surface area contributed by atoms with E-state index in [0.29, 0.717) is 6.04 Å². The summed E-state index contributed by atoms with van der Waals surface area (Å²) in [6, 6.07) is 6.57. The molecule has 1 amide bonds. The van der Waals surface area contributed by atoms with Crippen molar-refractivity contribution in [2.45, 2.75) is 44.8 Å². The largest absolute Gasteiger partial charge is 0.339 e. The third-order valence-corrected chi connectivity index (χ3v) is 4.28. The van der Waals surface area contributed by atoms with Crippen LogP contribution in [0.2, 0.25) is 0 Å². The molecule has 1 fully saturated rings. The lowest BCUT2D eigenvalue weighted by molar-refractivity contribution is 0.0735. The van der Waals surface area contributed by atoms with Gasteiger partial charge in [0.1, 0.15) is 0 Å². The minimum atomic E-state index is 0. The summed E-state index contributed by atoms with van der Waals surface area (Å²) >= 11 is 0. The Morgan fingerprint density at radius 1 is 1.21 bits per heavy atom. The lowest BCUT2D eigenvalue weighted by Crippen LogP contribution is -2.35. The molecular formula is C15H21ClN2O. The number of nitrogens with zero attached hydrogens (tertiary/aromatic N) is 1. The molecule has 1 aromatic rings. The molecule has 0 radical (unpaired) electrons. The van der Waals surface area contributed by atoms with E-state index in [0.717, 1.165) is 31.5 Å². The van der Waals surface area contributed by atoms with Crippen molar-refractivity contribution < 1.29 is 4.79 Å². The number of rotatable bonds is 2. The van der Waals surface area contributed by atoms with E-state index in [1.165, 1.54) is 24.0 Å². The molecule has 0 atom stereocenters. The average molecular weight is 281 g/mol. The number of fused-ring (bicyclic) bond motifs is 1. The molecule has 104 valence electrons. The maximum absolute atomic E-state index is 12.4. The van der Waals surface area contributed by atoms with E-state index in [2.05, 4.69) is 17.4 Å². The molecule has 2 aliphatic rings. The summed E-state index contributed by atoms with van der Waals surface area (Å²) in [7, 11) is 1.95. The van der Waals surface area contributed by atoms with Crippen LogP contribution in [-0.4, -0.2) is 23.9 Å². The summed E-state index contributed by atoms with van der Waals surface area (Å²) in [5.74, 6) is 0.177. The van der Waals surface area contributed by atoms with Gasteiger partial charge in [0, 0.05) is 31.7 Å². The van der Waals surface area contributed by atoms with E-state index < -0.39 is 0 Å². The number of carbonyl (C=O) groups is 1. The van der Waals surface area contributed by atoms with Gasteiger partial charge in [-0.3, -0.25) is 4.79 Å². The molecule has 3 nitrogen and oxygen atoms in total. The minimum absolute atomic E-state index is 0. The molecule has 1 heterocycles. The van der Waals surface area contributed by atoms with Crippen molar-refractivity contribution >= 4 is 18.3 Å². The molecule has 0 unspecified atom stereocenters. The van der Waals surface area contributed by atoms with Crippen LogP contribution < -0.4 is 5.32 Å². The lowest BCUT2D eigenvalue weighted by Gasteiger charge is -2.24. The topological polar surface area (TPSA) is 32.3 Å². The second kappa shape index (κ2) is 5.93. The van der Waals surface area contributed by atoms with E-state index in [9.17, 15) is 4.79 Å². The van der Waals surface area contributed by atoms with Gasteiger partial charge in [0.25, 0.3) is 5.91 Å². The zero-order valence-corrected chi connectivity index (χ0v) is 12.1. The maximum atomic E-state index is 12.4. The van der Waals surface area contributed by atoms with Crippen LogP contribution in [0.4, 0.5) is 0 Å². The van der Waals surface area contributed by atoms with Crippen LogP contribution >= 0.6 is 12.4 Å². The first-order chi connectivity index (χ1) is 8.75. The molecule has 1 N–H and O–H groups in total. The minimum Gasteiger partial charge on any atom is -0.339 e. The van der Waals surface area contributed by atoms with Crippen molar-refractivity contribution in [2.75, 3.05) is 7.05 Å². The first-order valence-corrected chi connectivity index (χ1v) is 6.85. The van der Waals surface area contributed by atoms with E-state index in [4.69, 9.17) is 0 Å². The Bertz CT molecular complexity index is 469. The summed E-state index contributed by atoms with van der Waals surface area (Å²) < 4.78 is 0. The van der Waals surface area contributed by atoms with Gasteiger partial charge >= 0.3 is 0 Å². The van der Waals surface area contributed by atoms with Gasteiger partial charge in [-0.1, -0.05) is 18.9 Å². The highest BCUT2D eigenvalue weighted by molar-refractivity contribution is 5.94. The molecule has 1 aliphatic carbocycles. The Hall–Kier alpha value is -1.06. The zero-order valence-electron chi connectivity index (χ0n) is 11.3. The first-order valence-electron chi connectivity index (χ1n) is 6.85. The number of halogens is 1. The van der Waals surface area contributed by atoms with Crippen molar-refractivity contribution in [3.8, 4) is 0 Å². The van der Waals surface area contributed by atoms with Crippen LogP contribution in [-0.2, 0) is 13.1 Å². The second-order valence-corrected chi connectivity index (χ2v) is 5.44. The molecule has 0 spiro atoms. The monoisotopic (exact) mass is 280 g/mol. The number of carbonyl (C=O) groups excluding carboxylic acids is 1. The van der Waals surface area contributed by atoms with E-state index in [1.54, 1.807) is 0 Å². The Balaban J connectivity index is 0.00000133. The third-order valence-electron chi connectivity index (χ3n) is 4.28. The molecular weight excluding hydrogens is 260 g/mol. The third kappa shape index (κ3) is 2.77. The van der Waals surface area contributed by atoms with Gasteiger partial charge in [-0.25, -0.2) is 0 Å². The number of amides is 1. The molecule has 1 aromatic carbocycles. The van der Waals surface area contributed by atoms with Crippen LogP contribution in [0.1, 0.15) is 47.2 Å². The van der Waals surface area contributed by atoms with Gasteiger partial charge < -0.3 is 10.2 Å². The number of benzene rings is 1. The number of nitrogens with one attached hydrogen (secondary N) is 1. The van der Waals surface area contributed by atoms with Gasteiger partial charge in [0.2, 0.25) is 0 Å². The van der Waals surface area contributed by atoms with Crippen molar-refractivity contribution in [2.24, 2.45) is 0 Å². The van der Waals surface area contributed by atoms with Crippen molar-refractivity contribution in [3.05, 3.63) is 34.9 Å². The molecule has 1 saturated carbocycles. The summed E-state index contributed by atoms with van der Waals surface area (Å²) in [6.45, 7) is 1.83. The zero-order chi connectivity index (χ0) is 12.5. The fraction of sp³-hybridized carbons (Fsp3) is 0.533. The first kappa shape index (κ1) is 14.4. The van der Waals surface area contributed by atoms with E-state index >= 15 is 0 Å². The molecule has 0 saturated heterocycles. The number of hydrogen-bond acceptors (Lipinski definition) is 2. The summed E-state index contributed by atoms with van der Waals surface area (Å²) in [5, 5.41) is 3.31. The summed E-state index contributed by atoms with van der Waals surface area (Å²) in [4.78, 5) is 14.4. The molecule has 4 heteroatoms. The molecule has 0 aromatic heterocycles. The van der Waals surface area contributed by atoms with Crippen LogP contribution in [0.15, 0.2) is 18.2 Å². The van der Waals surface area contributed by atoms with Gasteiger partial charge in [-0.2, -0.15) is 0 Å². The van der Waals surface area contributed by atoms with Crippen LogP contribution in [0.5, 0.6) is 0 Å². The van der Waals surface area contributed by atoms with Crippen LogP contribution in [0.25, 0.3) is 0 Å². The highest BCUT2D eigenvalue weighted by atomic mass is 35.5. The van der Waals surface area contributed by atoms with Gasteiger partial charge in [0.15, 0.2) is 0 Å². The average Bonchev–Trinajstić information content (AvgIpc) is 3.06. The Morgan fingerprint density at radius 2 is 1.89 bits per heavy atom. The Morgan fingerprint density at radius 3 is 2.63 bits per heavy atom. The Labute approximate surface area is 120 Å². The fourth-order valence-electron chi connectivity index (χ4n) is 3.09. The quantitative estimate of drug-likeness (QED) is 0.903. The normalized spacial score (nSPS) is 17.9. The highest BCUT2D eigenvalue weighted by Crippen LogP contribution is 2.24. The van der Waals surface area contributed by atoms with Crippen molar-refractivity contribution in [1.29, 1.82) is 0 Å². The van der Waals surface area contributed by atoms with E-state index in [-0.39, 0.29) is 18.3 Å². The molecule has 1 aliphatic heterocycles. The predicted octanol–water partition coefficient (Wildman–Crippen LogP) is 2.73. The van der Waals surface area contributed by atoms with Crippen molar-refractivity contribution in [1.82, 2.24) is 10.2 Å². The second-order valence-electron chi connectivity index (χ2n) is 5.44. The lowest BCUT2D eigenvalue weighted by atomic mass is 10.0. The maximum Gasteiger partial charge on any atom is 0.253 e. The number of hydrogen-bond donors (Lipinski definition) is 1. The van der Waals surface area contributed by atoms with Gasteiger partial charge in [0.05, 0.1) is 0 Å². The SMILES string of the molecule is CN(C(=O)c1ccc2c(c1)CNC2)C1CCCC1.Cl. The smallest absolute Gasteiger partial charge is 0.253 e. The van der Waals surface area contributed by atoms with E-state index in [1.807, 2.05) is 18.0 Å². The summed E-state index contributed by atoms with van der Waals surface area (Å²) in [6.07, 6.45) is 4.84. The summed E-state index contributed by atoms with van der Waals surface area (Å²) in [5.41, 5.74) is 3.45. The molecule has 3 rings (SSSR count). The van der Waals surface area contributed by atoms with Crippen molar-refractivity contribution in [3.63, 3.8) is 0 Å². The molecule has 19 heavy (non-hydrogen) atoms. The van der Waals surface area contributed by atoms with Crippen LogP contribution in [0, 0.1) is 0 Å². The Kier molecular flexibility index (Phi) is 4.48. The predicted molar refractivity (Wildman–Crippen MR) is 78.6 cm³/mol. The van der Waals surface area contributed by atoms with Gasteiger partial charge in [-0.05, 0) is 36.1 Å². The standard InChI is InChI=1S/C15H20N2O.ClH/c1-17(14-4-2-3-5-14)15(18)11-6-7-12-9-16-10-13(12)8-11;/h6-8,14,16H,2-5,9-10H2,1H3;1H. The highest BCUT2D eigenvalue weighted by Gasteiger charge is 2.24. The molecule has 0 bridgehead atoms. The van der Waals surface area contributed by atoms with Gasteiger partial charge in [-0.15, -0.1) is 12.4 Å².